The molecular weight excluding hydrogens is 1700 g/mol. The molecule has 0 unspecified atom stereocenters. The lowest BCUT2D eigenvalue weighted by Gasteiger charge is -2.26. The van der Waals surface area contributed by atoms with E-state index in [1.54, 1.807) is 0 Å². The van der Waals surface area contributed by atoms with E-state index in [0.717, 1.165) is 146 Å². The number of anilines is 12. The number of nitriles is 7. The van der Waals surface area contributed by atoms with Crippen LogP contribution in [0.1, 0.15) is 94.3 Å². The lowest BCUT2D eigenvalue weighted by atomic mass is 9.95. The Balaban J connectivity index is 0.000000164. The smallest absolute Gasteiger partial charge is 0.0991 e. The fourth-order valence-corrected chi connectivity index (χ4v) is 15.6. The third kappa shape index (κ3) is 26.2. The quantitative estimate of drug-likeness (QED) is 0.0752. The first-order valence-electron chi connectivity index (χ1n) is 46.8. The van der Waals surface area contributed by atoms with Crippen LogP contribution in [0.3, 0.4) is 0 Å². The summed E-state index contributed by atoms with van der Waals surface area (Å²) in [5.41, 5.74) is 31.8. The summed E-state index contributed by atoms with van der Waals surface area (Å²) in [5.74, 6) is 0. The highest BCUT2D eigenvalue weighted by molar-refractivity contribution is 5.89. The molecule has 0 aromatic heterocycles. The van der Waals surface area contributed by atoms with E-state index in [1.807, 2.05) is 328 Å². The predicted molar refractivity (Wildman–Crippen MR) is 581 cm³/mol. The van der Waals surface area contributed by atoms with Crippen LogP contribution in [0.25, 0.3) is 77.9 Å². The average Bonchev–Trinajstić information content (AvgIpc) is 0.817. The van der Waals surface area contributed by atoms with E-state index in [4.69, 9.17) is 15.8 Å². The second-order valence-electron chi connectivity index (χ2n) is 30.7. The molecule has 0 radical (unpaired) electrons. The van der Waals surface area contributed by atoms with Crippen molar-refractivity contribution in [3.05, 3.63) is 530 Å². The Morgan fingerprint density at radius 1 is 0.114 bits per heavy atom. The highest BCUT2D eigenvalue weighted by atomic mass is 15.2. The zero-order valence-electron chi connectivity index (χ0n) is 79.7. The minimum Gasteiger partial charge on any atom is -0.311 e. The molecular formula is C129H105N11. The summed E-state index contributed by atoms with van der Waals surface area (Å²) >= 11 is 0. The second kappa shape index (κ2) is 52.3. The molecule has 0 atom stereocenters. The lowest BCUT2D eigenvalue weighted by molar-refractivity contribution is 1.28. The maximum Gasteiger partial charge on any atom is 0.0991 e. The van der Waals surface area contributed by atoms with Crippen molar-refractivity contribution in [2.75, 3.05) is 19.6 Å². The molecule has 0 N–H and O–H groups in total. The van der Waals surface area contributed by atoms with Gasteiger partial charge in [0.2, 0.25) is 0 Å². The van der Waals surface area contributed by atoms with Crippen LogP contribution in [-0.4, -0.2) is 0 Å². The molecule has 0 amide bonds. The molecule has 19 aromatic carbocycles. The van der Waals surface area contributed by atoms with Gasteiger partial charge in [-0.3, -0.25) is 0 Å². The Labute approximate surface area is 825 Å². The standard InChI is InChI=1S/3C32H21N3.C25H18N2.4C2H6/c33-22-24-9-7-11-26(17-24)28-19-29(27-12-8-10-25(18-27)23-34)21-32(20-28)35(30-13-3-1-4-14-30)31-15-5-2-6-16-31;33-22-24-11-15-26(16-12-24)28-19-29(27-17-13-25(23-34)14-18-27)21-32(20-28)35(30-7-3-1-4-8-30)31-9-5-2-6-10-31;33-22-24-6-10-26(11-7-24)28-14-18-31(19-15-28)35(30-4-2-1-3-5-30)32-20-16-29(17-21-32)27-12-8-25(23-34)9-13-27;26-19-20-14-16-21(17-15-20)22-8-7-13-25(18-22)27(23-9-3-1-4-10-23)24-11-5-2-6-12-24;4*1-2/h3*1-21H;1-18H;4*1-2H3. The fourth-order valence-electron chi connectivity index (χ4n) is 15.6. The van der Waals surface area contributed by atoms with Crippen LogP contribution in [-0.2, 0) is 0 Å². The first-order chi connectivity index (χ1) is 69.1. The van der Waals surface area contributed by atoms with Crippen molar-refractivity contribution in [3.63, 3.8) is 0 Å². The number of rotatable bonds is 19. The molecule has 11 nitrogen and oxygen atoms in total. The van der Waals surface area contributed by atoms with Crippen molar-refractivity contribution in [1.82, 2.24) is 0 Å². The van der Waals surface area contributed by atoms with Gasteiger partial charge in [-0.2, -0.15) is 36.8 Å². The fraction of sp³-hybridized carbons (Fsp3) is 0.0620. The summed E-state index contributed by atoms with van der Waals surface area (Å²) in [5, 5.41) is 64.5. The van der Waals surface area contributed by atoms with Gasteiger partial charge in [0, 0.05) is 68.2 Å². The monoisotopic (exact) mass is 1810 g/mol. The number of nitrogens with zero attached hydrogens (tertiary/aromatic N) is 11. The van der Waals surface area contributed by atoms with Crippen LogP contribution in [0, 0.1) is 79.3 Å². The van der Waals surface area contributed by atoms with E-state index >= 15 is 0 Å². The number of benzene rings is 19. The van der Waals surface area contributed by atoms with Gasteiger partial charge in [0.1, 0.15) is 0 Å². The maximum atomic E-state index is 9.45. The van der Waals surface area contributed by atoms with Crippen molar-refractivity contribution in [2.24, 2.45) is 0 Å². The van der Waals surface area contributed by atoms with E-state index in [1.165, 1.54) is 0 Å². The summed E-state index contributed by atoms with van der Waals surface area (Å²) in [6.07, 6.45) is 0. The molecule has 0 saturated heterocycles. The van der Waals surface area contributed by atoms with Crippen molar-refractivity contribution in [3.8, 4) is 120 Å². The van der Waals surface area contributed by atoms with Crippen molar-refractivity contribution in [2.45, 2.75) is 55.4 Å². The van der Waals surface area contributed by atoms with Gasteiger partial charge < -0.3 is 19.6 Å². The maximum absolute atomic E-state index is 9.45. The number of hydrogen-bond donors (Lipinski definition) is 0. The topological polar surface area (TPSA) is 179 Å². The predicted octanol–water partition coefficient (Wildman–Crippen LogP) is 35.5. The van der Waals surface area contributed by atoms with Gasteiger partial charge in [-0.1, -0.05) is 304 Å². The van der Waals surface area contributed by atoms with Gasteiger partial charge in [0.05, 0.1) is 81.4 Å². The molecule has 0 aliphatic carbocycles. The molecule has 19 aromatic rings. The largest absolute Gasteiger partial charge is 0.311 e. The molecule has 0 heterocycles. The van der Waals surface area contributed by atoms with E-state index in [0.29, 0.717) is 38.9 Å². The third-order valence-electron chi connectivity index (χ3n) is 22.2. The van der Waals surface area contributed by atoms with E-state index in [-0.39, 0.29) is 0 Å². The first-order valence-corrected chi connectivity index (χ1v) is 46.8. The molecule has 676 valence electrons. The Morgan fingerprint density at radius 3 is 0.500 bits per heavy atom. The van der Waals surface area contributed by atoms with E-state index in [9.17, 15) is 21.0 Å². The average molecular weight is 1810 g/mol. The van der Waals surface area contributed by atoms with Gasteiger partial charge in [-0.05, 0) is 321 Å². The molecule has 19 rings (SSSR count). The van der Waals surface area contributed by atoms with Gasteiger partial charge in [0.15, 0.2) is 0 Å². The van der Waals surface area contributed by atoms with Gasteiger partial charge in [-0.15, -0.1) is 0 Å². The summed E-state index contributed by atoms with van der Waals surface area (Å²) in [6, 6.07) is 179. The minimum atomic E-state index is 0.615. The molecule has 11 heteroatoms. The van der Waals surface area contributed by atoms with Crippen molar-refractivity contribution < 1.29 is 0 Å². The summed E-state index contributed by atoms with van der Waals surface area (Å²) in [6.45, 7) is 16.0. The Bertz CT molecular complexity index is 7080. The molecule has 0 aliphatic heterocycles. The molecule has 140 heavy (non-hydrogen) atoms. The molecule has 0 fully saturated rings. The van der Waals surface area contributed by atoms with E-state index in [2.05, 4.69) is 280 Å². The zero-order valence-corrected chi connectivity index (χ0v) is 79.7. The Kier molecular flexibility index (Phi) is 37.3. The van der Waals surface area contributed by atoms with Crippen LogP contribution in [0.5, 0.6) is 0 Å². The number of hydrogen-bond acceptors (Lipinski definition) is 11. The summed E-state index contributed by atoms with van der Waals surface area (Å²) < 4.78 is 0. The van der Waals surface area contributed by atoms with Crippen molar-refractivity contribution in [1.29, 1.82) is 36.8 Å². The number of para-hydroxylation sites is 7. The van der Waals surface area contributed by atoms with Crippen LogP contribution in [0.15, 0.2) is 491 Å². The van der Waals surface area contributed by atoms with E-state index < -0.39 is 0 Å². The van der Waals surface area contributed by atoms with Crippen molar-refractivity contribution >= 4 is 68.2 Å². The van der Waals surface area contributed by atoms with Crippen LogP contribution >= 0.6 is 0 Å². The second-order valence-corrected chi connectivity index (χ2v) is 30.7. The Hall–Kier alpha value is -19.2. The molecule has 0 saturated carbocycles. The van der Waals surface area contributed by atoms with Crippen LogP contribution in [0.2, 0.25) is 0 Å². The molecule has 0 aliphatic rings. The molecule has 0 bridgehead atoms. The third-order valence-corrected chi connectivity index (χ3v) is 22.2. The molecule has 0 spiro atoms. The van der Waals surface area contributed by atoms with Crippen LogP contribution < -0.4 is 19.6 Å². The van der Waals surface area contributed by atoms with Crippen LogP contribution in [0.4, 0.5) is 68.2 Å². The Morgan fingerprint density at radius 2 is 0.271 bits per heavy atom. The van der Waals surface area contributed by atoms with Gasteiger partial charge in [0.25, 0.3) is 0 Å². The SMILES string of the molecule is CC.CC.CC.CC.N#Cc1ccc(-c2cc(-c3ccc(C#N)cc3)cc(N(c3ccccc3)c3ccccc3)c2)cc1.N#Cc1ccc(-c2ccc(N(c3ccccc3)c3ccc(-c4ccc(C#N)cc4)cc3)cc2)cc1.N#Cc1ccc(-c2cccc(N(c3ccccc3)c3ccccc3)c2)cc1.N#Cc1cccc(-c2cc(-c3cccc(C#N)c3)cc(N(c3ccccc3)c3ccccc3)c2)c1. The van der Waals surface area contributed by atoms with Gasteiger partial charge in [-0.25, -0.2) is 0 Å². The zero-order chi connectivity index (χ0) is 98.6. The summed E-state index contributed by atoms with van der Waals surface area (Å²) in [7, 11) is 0. The summed E-state index contributed by atoms with van der Waals surface area (Å²) in [4.78, 5) is 8.92. The normalized spacial score (nSPS) is 9.81. The van der Waals surface area contributed by atoms with Gasteiger partial charge >= 0.3 is 0 Å². The first kappa shape index (κ1) is 99.8. The highest BCUT2D eigenvalue weighted by Gasteiger charge is 2.21. The minimum absolute atomic E-state index is 0.615. The lowest BCUT2D eigenvalue weighted by Crippen LogP contribution is -2.10. The highest BCUT2D eigenvalue weighted by Crippen LogP contribution is 2.45.